The summed E-state index contributed by atoms with van der Waals surface area (Å²) in [6.45, 7) is 8.89. The smallest absolute Gasteiger partial charge is 0.407 e. The second-order valence-corrected chi connectivity index (χ2v) is 5.08. The molecule has 5 heteroatoms. The molecule has 0 saturated heterocycles. The van der Waals surface area contributed by atoms with Gasteiger partial charge in [0.25, 0.3) is 5.82 Å². The van der Waals surface area contributed by atoms with Crippen LogP contribution in [0.4, 0.5) is 4.79 Å². The number of nitrogens with one attached hydrogen (secondary N) is 1. The highest BCUT2D eigenvalue weighted by Gasteiger charge is 2.16. The average Bonchev–Trinajstić information content (AvgIpc) is 2.46. The molecule has 1 aromatic heterocycles. The van der Waals surface area contributed by atoms with Crippen LogP contribution in [0.2, 0.25) is 0 Å². The molecule has 1 N–H and O–H groups in total. The van der Waals surface area contributed by atoms with Crippen LogP contribution in [-0.2, 0) is 18.3 Å². The first-order chi connectivity index (χ1) is 7.79. The topological polar surface area (TPSA) is 47.1 Å². The van der Waals surface area contributed by atoms with E-state index in [1.165, 1.54) is 0 Å². The van der Waals surface area contributed by atoms with E-state index in [0.29, 0.717) is 6.54 Å². The maximum atomic E-state index is 11.4. The summed E-state index contributed by atoms with van der Waals surface area (Å²) in [7, 11) is 1.99. The molecule has 96 valence electrons. The maximum Gasteiger partial charge on any atom is 0.407 e. The maximum absolute atomic E-state index is 11.4. The van der Waals surface area contributed by atoms with Gasteiger partial charge in [-0.15, -0.1) is 0 Å². The summed E-state index contributed by atoms with van der Waals surface area (Å²) in [6, 6.07) is 0. The lowest BCUT2D eigenvalue weighted by Crippen LogP contribution is -2.35. The van der Waals surface area contributed by atoms with Crippen molar-refractivity contribution in [3.63, 3.8) is 0 Å². The van der Waals surface area contributed by atoms with E-state index in [2.05, 4.69) is 9.88 Å². The molecule has 0 radical (unpaired) electrons. The molecule has 0 atom stereocenters. The van der Waals surface area contributed by atoms with Crippen molar-refractivity contribution >= 4 is 6.09 Å². The summed E-state index contributed by atoms with van der Waals surface area (Å²) in [6.07, 6.45) is 3.61. The number of carbonyl (C=O) groups excluding carboxylic acids is 1. The molecular formula is C12H22N3O2+. The van der Waals surface area contributed by atoms with Gasteiger partial charge in [0.2, 0.25) is 0 Å². The Morgan fingerprint density at radius 3 is 2.65 bits per heavy atom. The minimum absolute atomic E-state index is 0.369. The summed E-state index contributed by atoms with van der Waals surface area (Å²) >= 11 is 0. The molecule has 1 aromatic rings. The molecule has 0 unspecified atom stereocenters. The Morgan fingerprint density at radius 1 is 1.53 bits per heavy atom. The van der Waals surface area contributed by atoms with E-state index in [1.54, 1.807) is 0 Å². The Kier molecular flexibility index (Phi) is 4.15. The molecule has 0 aromatic carbocycles. The van der Waals surface area contributed by atoms with Crippen LogP contribution < -0.4 is 9.88 Å². The minimum atomic E-state index is -0.445. The van der Waals surface area contributed by atoms with Crippen molar-refractivity contribution in [2.24, 2.45) is 7.05 Å². The minimum Gasteiger partial charge on any atom is -0.444 e. The Balaban J connectivity index is 2.34. The van der Waals surface area contributed by atoms with Gasteiger partial charge in [-0.1, -0.05) is 0 Å². The van der Waals surface area contributed by atoms with Crippen molar-refractivity contribution in [2.45, 2.75) is 39.8 Å². The van der Waals surface area contributed by atoms with Gasteiger partial charge in [-0.25, -0.2) is 13.9 Å². The fourth-order valence-electron chi connectivity index (χ4n) is 1.43. The van der Waals surface area contributed by atoms with Crippen LogP contribution in [0.1, 0.15) is 26.6 Å². The van der Waals surface area contributed by atoms with E-state index >= 15 is 0 Å². The summed E-state index contributed by atoms with van der Waals surface area (Å²) in [5.74, 6) is 1.15. The first-order valence-electron chi connectivity index (χ1n) is 5.78. The molecule has 0 bridgehead atoms. The van der Waals surface area contributed by atoms with Crippen LogP contribution in [0.15, 0.2) is 12.4 Å². The number of aromatic nitrogens is 2. The van der Waals surface area contributed by atoms with Crippen LogP contribution >= 0.6 is 0 Å². The molecule has 0 aliphatic heterocycles. The molecule has 0 fully saturated rings. The standard InChI is InChI=1S/C12H21N3O2/c1-10-14(5)8-9-15(10)7-6-13-11(16)17-12(2,3)4/h8-9H,6-7H2,1-5H3/p+1. The molecule has 0 spiro atoms. The summed E-state index contributed by atoms with van der Waals surface area (Å²) in [4.78, 5) is 11.4. The quantitative estimate of drug-likeness (QED) is 0.806. The lowest BCUT2D eigenvalue weighted by atomic mass is 10.2. The Morgan fingerprint density at radius 2 is 2.18 bits per heavy atom. The predicted octanol–water partition coefficient (Wildman–Crippen LogP) is 1.15. The van der Waals surface area contributed by atoms with Gasteiger partial charge >= 0.3 is 6.09 Å². The summed E-state index contributed by atoms with van der Waals surface area (Å²) in [5.41, 5.74) is -0.445. The van der Waals surface area contributed by atoms with E-state index in [4.69, 9.17) is 4.74 Å². The summed E-state index contributed by atoms with van der Waals surface area (Å²) in [5, 5.41) is 2.73. The second kappa shape index (κ2) is 5.21. The van der Waals surface area contributed by atoms with Crippen molar-refractivity contribution in [1.82, 2.24) is 9.88 Å². The van der Waals surface area contributed by atoms with E-state index < -0.39 is 5.60 Å². The van der Waals surface area contributed by atoms with Gasteiger partial charge in [-0.2, -0.15) is 0 Å². The summed E-state index contributed by atoms with van der Waals surface area (Å²) < 4.78 is 9.26. The first kappa shape index (κ1) is 13.5. The van der Waals surface area contributed by atoms with Gasteiger partial charge in [0.15, 0.2) is 0 Å². The number of aryl methyl sites for hydroxylation is 1. The number of rotatable bonds is 3. The van der Waals surface area contributed by atoms with Gasteiger partial charge in [0.1, 0.15) is 24.5 Å². The number of nitrogens with zero attached hydrogens (tertiary/aromatic N) is 2. The van der Waals surface area contributed by atoms with Crippen molar-refractivity contribution in [1.29, 1.82) is 0 Å². The highest BCUT2D eigenvalue weighted by atomic mass is 16.6. The van der Waals surface area contributed by atoms with Gasteiger partial charge in [0, 0.05) is 6.92 Å². The zero-order valence-electron chi connectivity index (χ0n) is 11.3. The number of hydrogen-bond donors (Lipinski definition) is 1. The number of hydrogen-bond acceptors (Lipinski definition) is 2. The van der Waals surface area contributed by atoms with Gasteiger partial charge < -0.3 is 10.1 Å². The SMILES string of the molecule is Cc1n(CCNC(=O)OC(C)(C)C)cc[n+]1C. The van der Waals surface area contributed by atoms with E-state index in [9.17, 15) is 4.79 Å². The number of carbonyl (C=O) groups is 1. The molecule has 17 heavy (non-hydrogen) atoms. The molecule has 1 rings (SSSR count). The fraction of sp³-hybridized carbons (Fsp3) is 0.667. The normalized spacial score (nSPS) is 11.4. The molecule has 5 nitrogen and oxygen atoms in total. The monoisotopic (exact) mass is 240 g/mol. The van der Waals surface area contributed by atoms with Crippen LogP contribution in [0.3, 0.4) is 0 Å². The van der Waals surface area contributed by atoms with Crippen molar-refractivity contribution in [3.8, 4) is 0 Å². The molecule has 0 aliphatic rings. The third kappa shape index (κ3) is 4.46. The van der Waals surface area contributed by atoms with Gasteiger partial charge in [0.05, 0.1) is 13.6 Å². The molecule has 0 aliphatic carbocycles. The van der Waals surface area contributed by atoms with Crippen molar-refractivity contribution < 1.29 is 14.1 Å². The third-order valence-corrected chi connectivity index (χ3v) is 2.42. The Labute approximate surface area is 102 Å². The second-order valence-electron chi connectivity index (χ2n) is 5.08. The van der Waals surface area contributed by atoms with Gasteiger partial charge in [-0.3, -0.25) is 0 Å². The largest absolute Gasteiger partial charge is 0.444 e. The zero-order valence-corrected chi connectivity index (χ0v) is 11.3. The number of amides is 1. The number of ether oxygens (including phenoxy) is 1. The average molecular weight is 240 g/mol. The van der Waals surface area contributed by atoms with E-state index in [-0.39, 0.29) is 6.09 Å². The first-order valence-corrected chi connectivity index (χ1v) is 5.78. The lowest BCUT2D eigenvalue weighted by molar-refractivity contribution is -0.677. The fourth-order valence-corrected chi connectivity index (χ4v) is 1.43. The number of alkyl carbamates (subject to hydrolysis) is 1. The zero-order chi connectivity index (χ0) is 13.1. The van der Waals surface area contributed by atoms with Crippen molar-refractivity contribution in [2.75, 3.05) is 6.54 Å². The molecule has 1 amide bonds. The molecule has 0 saturated carbocycles. The Hall–Kier alpha value is -1.52. The number of imidazole rings is 1. The van der Waals surface area contributed by atoms with Crippen molar-refractivity contribution in [3.05, 3.63) is 18.2 Å². The predicted molar refractivity (Wildman–Crippen MR) is 64.6 cm³/mol. The molecule has 1 heterocycles. The highest BCUT2D eigenvalue weighted by Crippen LogP contribution is 2.06. The third-order valence-electron chi connectivity index (χ3n) is 2.42. The Bertz CT molecular complexity index is 391. The van der Waals surface area contributed by atoms with Crippen LogP contribution in [0.5, 0.6) is 0 Å². The van der Waals surface area contributed by atoms with E-state index in [0.717, 1.165) is 12.4 Å². The van der Waals surface area contributed by atoms with E-state index in [1.807, 2.05) is 51.7 Å². The van der Waals surface area contributed by atoms with Crippen LogP contribution in [-0.4, -0.2) is 22.8 Å². The van der Waals surface area contributed by atoms with Crippen LogP contribution in [0.25, 0.3) is 0 Å². The molecular weight excluding hydrogens is 218 g/mol. The lowest BCUT2D eigenvalue weighted by Gasteiger charge is -2.19. The highest BCUT2D eigenvalue weighted by molar-refractivity contribution is 5.67. The van der Waals surface area contributed by atoms with Crippen LogP contribution in [0, 0.1) is 6.92 Å². The van der Waals surface area contributed by atoms with Gasteiger partial charge in [-0.05, 0) is 20.8 Å².